The van der Waals surface area contributed by atoms with Gasteiger partial charge < -0.3 is 10.5 Å². The van der Waals surface area contributed by atoms with Crippen molar-refractivity contribution in [2.45, 2.75) is 24.4 Å². The standard InChI is InChI=1S/C11H17FN2O3S/c1-8(7-17-2)14-18(15,16)11-5-3-4-10(12)9(11)6-13/h3-5,8,14H,6-7,13H2,1-2H3. The highest BCUT2D eigenvalue weighted by atomic mass is 32.2. The van der Waals surface area contributed by atoms with E-state index < -0.39 is 21.9 Å². The molecule has 0 radical (unpaired) electrons. The van der Waals surface area contributed by atoms with Gasteiger partial charge in [0.05, 0.1) is 11.5 Å². The van der Waals surface area contributed by atoms with Gasteiger partial charge in [-0.15, -0.1) is 0 Å². The van der Waals surface area contributed by atoms with Crippen LogP contribution in [0.3, 0.4) is 0 Å². The minimum Gasteiger partial charge on any atom is -0.383 e. The van der Waals surface area contributed by atoms with Crippen molar-refractivity contribution in [2.24, 2.45) is 5.73 Å². The lowest BCUT2D eigenvalue weighted by Gasteiger charge is -2.15. The number of hydrogen-bond donors (Lipinski definition) is 2. The number of nitrogens with two attached hydrogens (primary N) is 1. The summed E-state index contributed by atoms with van der Waals surface area (Å²) in [5.74, 6) is -0.625. The van der Waals surface area contributed by atoms with E-state index in [1.54, 1.807) is 6.92 Å². The van der Waals surface area contributed by atoms with E-state index in [-0.39, 0.29) is 23.6 Å². The minimum absolute atomic E-state index is 0.0189. The van der Waals surface area contributed by atoms with Gasteiger partial charge in [-0.2, -0.15) is 0 Å². The Morgan fingerprint density at radius 2 is 2.17 bits per heavy atom. The van der Waals surface area contributed by atoms with Gasteiger partial charge in [-0.3, -0.25) is 0 Å². The summed E-state index contributed by atoms with van der Waals surface area (Å²) in [7, 11) is -2.33. The lowest BCUT2D eigenvalue weighted by molar-refractivity contribution is 0.180. The molecule has 0 saturated heterocycles. The van der Waals surface area contributed by atoms with E-state index in [0.717, 1.165) is 0 Å². The molecule has 0 spiro atoms. The van der Waals surface area contributed by atoms with Crippen LogP contribution in [0.15, 0.2) is 23.1 Å². The molecule has 0 saturated carbocycles. The Hall–Kier alpha value is -1.02. The van der Waals surface area contributed by atoms with Crippen LogP contribution in [-0.2, 0) is 21.3 Å². The van der Waals surface area contributed by atoms with Gasteiger partial charge >= 0.3 is 0 Å². The monoisotopic (exact) mass is 276 g/mol. The van der Waals surface area contributed by atoms with Gasteiger partial charge in [0.25, 0.3) is 0 Å². The normalized spacial score (nSPS) is 13.6. The summed E-state index contributed by atoms with van der Waals surface area (Å²) >= 11 is 0. The van der Waals surface area contributed by atoms with E-state index in [0.29, 0.717) is 0 Å². The number of nitrogens with one attached hydrogen (secondary N) is 1. The topological polar surface area (TPSA) is 81.4 Å². The first kappa shape index (κ1) is 15.0. The Balaban J connectivity index is 3.09. The number of rotatable bonds is 6. The molecule has 18 heavy (non-hydrogen) atoms. The first-order valence-electron chi connectivity index (χ1n) is 5.41. The van der Waals surface area contributed by atoms with Crippen LogP contribution in [0.4, 0.5) is 4.39 Å². The molecule has 5 nitrogen and oxygen atoms in total. The summed E-state index contributed by atoms with van der Waals surface area (Å²) < 4.78 is 44.8. The summed E-state index contributed by atoms with van der Waals surface area (Å²) in [4.78, 5) is -0.132. The Labute approximate surface area is 106 Å². The maximum Gasteiger partial charge on any atom is 0.241 e. The van der Waals surface area contributed by atoms with Gasteiger partial charge in [0.2, 0.25) is 10.0 Å². The molecule has 0 fully saturated rings. The molecule has 1 rings (SSSR count). The maximum absolute atomic E-state index is 13.5. The van der Waals surface area contributed by atoms with E-state index in [4.69, 9.17) is 10.5 Å². The maximum atomic E-state index is 13.5. The molecule has 0 amide bonds. The average Bonchev–Trinajstić information content (AvgIpc) is 2.28. The molecule has 3 N–H and O–H groups in total. The van der Waals surface area contributed by atoms with Crippen molar-refractivity contribution in [2.75, 3.05) is 13.7 Å². The fourth-order valence-corrected chi connectivity index (χ4v) is 3.09. The highest BCUT2D eigenvalue weighted by Gasteiger charge is 2.22. The Kier molecular flexibility index (Phi) is 5.21. The molecule has 1 aromatic rings. The zero-order chi connectivity index (χ0) is 13.8. The van der Waals surface area contributed by atoms with Gasteiger partial charge in [-0.05, 0) is 19.1 Å². The minimum atomic E-state index is -3.80. The second kappa shape index (κ2) is 6.24. The fraction of sp³-hybridized carbons (Fsp3) is 0.455. The summed E-state index contributed by atoms with van der Waals surface area (Å²) in [6, 6.07) is 3.44. The fourth-order valence-electron chi connectivity index (χ4n) is 1.60. The number of benzene rings is 1. The molecule has 1 atom stereocenters. The molecule has 0 aromatic heterocycles. The molecule has 0 aliphatic rings. The Bertz CT molecular complexity index is 505. The Morgan fingerprint density at radius 1 is 1.50 bits per heavy atom. The third kappa shape index (κ3) is 3.49. The van der Waals surface area contributed by atoms with E-state index >= 15 is 0 Å². The van der Waals surface area contributed by atoms with Crippen molar-refractivity contribution in [3.63, 3.8) is 0 Å². The van der Waals surface area contributed by atoms with E-state index in [1.807, 2.05) is 0 Å². The Morgan fingerprint density at radius 3 is 2.72 bits per heavy atom. The van der Waals surface area contributed by atoms with Gasteiger partial charge in [0, 0.05) is 25.3 Å². The first-order chi connectivity index (χ1) is 8.42. The van der Waals surface area contributed by atoms with Crippen LogP contribution in [-0.4, -0.2) is 28.2 Å². The highest BCUT2D eigenvalue weighted by Crippen LogP contribution is 2.18. The molecule has 1 unspecified atom stereocenters. The largest absolute Gasteiger partial charge is 0.383 e. The quantitative estimate of drug-likeness (QED) is 0.797. The lowest BCUT2D eigenvalue weighted by Crippen LogP contribution is -2.36. The molecule has 7 heteroatoms. The van der Waals surface area contributed by atoms with Gasteiger partial charge in [-0.1, -0.05) is 6.07 Å². The zero-order valence-electron chi connectivity index (χ0n) is 10.3. The van der Waals surface area contributed by atoms with E-state index in [2.05, 4.69) is 4.72 Å². The summed E-state index contributed by atoms with van der Waals surface area (Å²) in [5.41, 5.74) is 5.36. The van der Waals surface area contributed by atoms with Crippen LogP contribution < -0.4 is 10.5 Å². The predicted octanol–water partition coefficient (Wildman–Crippen LogP) is 0.598. The summed E-state index contributed by atoms with van der Waals surface area (Å²) in [6.07, 6.45) is 0. The summed E-state index contributed by atoms with van der Waals surface area (Å²) in [6.45, 7) is 1.70. The van der Waals surface area contributed by atoms with Gasteiger partial charge in [0.1, 0.15) is 5.82 Å². The van der Waals surface area contributed by atoms with Crippen LogP contribution >= 0.6 is 0 Å². The number of hydrogen-bond acceptors (Lipinski definition) is 4. The van der Waals surface area contributed by atoms with E-state index in [1.165, 1.54) is 25.3 Å². The molecular weight excluding hydrogens is 259 g/mol. The van der Waals surface area contributed by atoms with E-state index in [9.17, 15) is 12.8 Å². The molecule has 0 aliphatic carbocycles. The van der Waals surface area contributed by atoms with Crippen LogP contribution in [0.2, 0.25) is 0 Å². The zero-order valence-corrected chi connectivity index (χ0v) is 11.1. The molecule has 0 aliphatic heterocycles. The van der Waals surface area contributed by atoms with Crippen molar-refractivity contribution in [3.05, 3.63) is 29.6 Å². The summed E-state index contributed by atoms with van der Waals surface area (Å²) in [5, 5.41) is 0. The van der Waals surface area contributed by atoms with Crippen LogP contribution in [0.25, 0.3) is 0 Å². The third-order valence-corrected chi connectivity index (χ3v) is 4.02. The average molecular weight is 276 g/mol. The first-order valence-corrected chi connectivity index (χ1v) is 6.89. The molecular formula is C11H17FN2O3S. The van der Waals surface area contributed by atoms with Crippen molar-refractivity contribution in [3.8, 4) is 0 Å². The molecule has 0 heterocycles. The third-order valence-electron chi connectivity index (χ3n) is 2.34. The highest BCUT2D eigenvalue weighted by molar-refractivity contribution is 7.89. The van der Waals surface area contributed by atoms with Crippen molar-refractivity contribution < 1.29 is 17.5 Å². The second-order valence-corrected chi connectivity index (χ2v) is 5.58. The van der Waals surface area contributed by atoms with Crippen LogP contribution in [0.5, 0.6) is 0 Å². The van der Waals surface area contributed by atoms with Crippen molar-refractivity contribution in [1.82, 2.24) is 4.72 Å². The van der Waals surface area contributed by atoms with Crippen LogP contribution in [0, 0.1) is 5.82 Å². The number of ether oxygens (including phenoxy) is 1. The SMILES string of the molecule is COCC(C)NS(=O)(=O)c1cccc(F)c1CN. The van der Waals surface area contributed by atoms with Gasteiger partial charge in [0.15, 0.2) is 0 Å². The molecule has 102 valence electrons. The number of sulfonamides is 1. The number of halogens is 1. The second-order valence-electron chi connectivity index (χ2n) is 3.90. The lowest BCUT2D eigenvalue weighted by atomic mass is 10.2. The number of methoxy groups -OCH3 is 1. The molecule has 0 bridgehead atoms. The van der Waals surface area contributed by atoms with Crippen LogP contribution in [0.1, 0.15) is 12.5 Å². The predicted molar refractivity (Wildman–Crippen MR) is 66.0 cm³/mol. The smallest absolute Gasteiger partial charge is 0.241 e. The van der Waals surface area contributed by atoms with Gasteiger partial charge in [-0.25, -0.2) is 17.5 Å². The molecule has 1 aromatic carbocycles. The van der Waals surface area contributed by atoms with Crippen molar-refractivity contribution in [1.29, 1.82) is 0 Å². The van der Waals surface area contributed by atoms with Crippen molar-refractivity contribution >= 4 is 10.0 Å².